The van der Waals surface area contributed by atoms with Crippen molar-refractivity contribution in [3.8, 4) is 0 Å². The Kier molecular flexibility index (Phi) is 6.06. The molecule has 2 rings (SSSR count). The highest BCUT2D eigenvalue weighted by Crippen LogP contribution is 2.35. The summed E-state index contributed by atoms with van der Waals surface area (Å²) in [6.45, 7) is 0. The van der Waals surface area contributed by atoms with Crippen molar-refractivity contribution < 1.29 is 14.7 Å². The van der Waals surface area contributed by atoms with E-state index in [4.69, 9.17) is 0 Å². The Morgan fingerprint density at radius 1 is 1.26 bits per heavy atom. The summed E-state index contributed by atoms with van der Waals surface area (Å²) < 4.78 is 0. The molecule has 0 aliphatic rings. The van der Waals surface area contributed by atoms with E-state index >= 15 is 0 Å². The van der Waals surface area contributed by atoms with Gasteiger partial charge < -0.3 is 10.0 Å². The maximum absolute atomic E-state index is 11.7. The van der Waals surface area contributed by atoms with Crippen LogP contribution in [0.25, 0.3) is 0 Å². The lowest BCUT2D eigenvalue weighted by Gasteiger charge is -2.11. The second kappa shape index (κ2) is 8.03. The first-order chi connectivity index (χ1) is 11.0. The number of aryl methyl sites for hydroxylation is 1. The molecule has 5 nitrogen and oxygen atoms in total. The average molecular weight is 350 g/mol. The van der Waals surface area contributed by atoms with E-state index in [1.54, 1.807) is 19.5 Å². The van der Waals surface area contributed by atoms with Gasteiger partial charge >= 0.3 is 12.0 Å². The minimum absolute atomic E-state index is 0.170. The molecule has 2 N–H and O–H groups in total. The molecule has 0 unspecified atom stereocenters. The molecule has 0 aliphatic heterocycles. The fraction of sp³-hybridized carbons (Fsp3) is 0.250. The van der Waals surface area contributed by atoms with Gasteiger partial charge in [-0.25, -0.2) is 9.59 Å². The molecule has 122 valence electrons. The van der Waals surface area contributed by atoms with E-state index in [1.165, 1.54) is 33.6 Å². The summed E-state index contributed by atoms with van der Waals surface area (Å²) in [6.07, 6.45) is 0.861. The van der Waals surface area contributed by atoms with Crippen molar-refractivity contribution >= 4 is 40.1 Å². The smallest absolute Gasteiger partial charge is 0.339 e. The number of nitrogens with one attached hydrogen (secondary N) is 1. The summed E-state index contributed by atoms with van der Waals surface area (Å²) in [5.74, 6) is -0.246. The van der Waals surface area contributed by atoms with Crippen LogP contribution in [0.2, 0.25) is 0 Å². The maximum Gasteiger partial charge on any atom is 0.339 e. The topological polar surface area (TPSA) is 69.6 Å². The molecule has 1 aromatic heterocycles. The number of carboxylic acids is 1. The molecule has 1 heterocycles. The highest BCUT2D eigenvalue weighted by Gasteiger charge is 2.20. The molecule has 0 spiro atoms. The van der Waals surface area contributed by atoms with Crippen molar-refractivity contribution in [3.05, 3.63) is 46.8 Å². The molecule has 0 fully saturated rings. The van der Waals surface area contributed by atoms with Crippen LogP contribution in [0.4, 0.5) is 9.80 Å². The molecular weight excluding hydrogens is 332 g/mol. The molecule has 2 aromatic rings. The van der Waals surface area contributed by atoms with Crippen LogP contribution in [0, 0.1) is 0 Å². The van der Waals surface area contributed by atoms with Crippen LogP contribution in [0.15, 0.2) is 40.6 Å². The molecule has 23 heavy (non-hydrogen) atoms. The lowest BCUT2D eigenvalue weighted by molar-refractivity contribution is 0.0695. The van der Waals surface area contributed by atoms with Crippen molar-refractivity contribution in [2.45, 2.75) is 11.3 Å². The molecule has 7 heteroatoms. The van der Waals surface area contributed by atoms with Crippen LogP contribution in [0.5, 0.6) is 0 Å². The number of benzene rings is 1. The number of thioether (sulfide) groups is 1. The van der Waals surface area contributed by atoms with Gasteiger partial charge in [-0.15, -0.1) is 23.1 Å². The van der Waals surface area contributed by atoms with E-state index < -0.39 is 5.97 Å². The van der Waals surface area contributed by atoms with E-state index in [9.17, 15) is 14.7 Å². The van der Waals surface area contributed by atoms with Crippen LogP contribution in [0.1, 0.15) is 15.9 Å². The molecule has 2 amide bonds. The van der Waals surface area contributed by atoms with Crippen molar-refractivity contribution in [2.75, 3.05) is 25.2 Å². The van der Waals surface area contributed by atoms with E-state index in [2.05, 4.69) is 17.4 Å². The number of carboxylic acid groups (broad SMARTS) is 1. The van der Waals surface area contributed by atoms with Gasteiger partial charge in [0.25, 0.3) is 0 Å². The van der Waals surface area contributed by atoms with Crippen LogP contribution in [-0.4, -0.2) is 41.9 Å². The van der Waals surface area contributed by atoms with Gasteiger partial charge in [0.15, 0.2) is 0 Å². The summed E-state index contributed by atoms with van der Waals surface area (Å²) in [5.41, 5.74) is 1.39. The predicted octanol–water partition coefficient (Wildman–Crippen LogP) is 3.87. The monoisotopic (exact) mass is 350 g/mol. The Morgan fingerprint density at radius 3 is 2.57 bits per heavy atom. The Balaban J connectivity index is 2.05. The number of amides is 2. The van der Waals surface area contributed by atoms with Crippen molar-refractivity contribution in [1.82, 2.24) is 4.90 Å². The molecule has 0 saturated heterocycles. The van der Waals surface area contributed by atoms with Crippen molar-refractivity contribution in [1.29, 1.82) is 0 Å². The average Bonchev–Trinajstić information content (AvgIpc) is 2.91. The number of hydrogen-bond donors (Lipinski definition) is 2. The lowest BCUT2D eigenvalue weighted by atomic mass is 10.2. The number of nitrogens with zero attached hydrogens (tertiary/aromatic N) is 1. The van der Waals surface area contributed by atoms with E-state index in [0.717, 1.165) is 12.2 Å². The van der Waals surface area contributed by atoms with Crippen LogP contribution >= 0.6 is 23.1 Å². The second-order valence-electron chi connectivity index (χ2n) is 5.02. The number of anilines is 1. The van der Waals surface area contributed by atoms with Gasteiger partial charge in [0, 0.05) is 30.1 Å². The highest BCUT2D eigenvalue weighted by molar-refractivity contribution is 7.99. The second-order valence-corrected chi connectivity index (χ2v) is 7.03. The van der Waals surface area contributed by atoms with Gasteiger partial charge in [0.05, 0.1) is 0 Å². The largest absolute Gasteiger partial charge is 0.478 e. The molecule has 1 aromatic carbocycles. The highest BCUT2D eigenvalue weighted by atomic mass is 32.2. The fourth-order valence-corrected chi connectivity index (χ4v) is 4.05. The normalized spacial score (nSPS) is 10.3. The quantitative estimate of drug-likeness (QED) is 0.776. The predicted molar refractivity (Wildman–Crippen MR) is 94.9 cm³/mol. The molecule has 0 saturated carbocycles. The number of carbonyl (C=O) groups excluding carboxylic acids is 1. The van der Waals surface area contributed by atoms with Gasteiger partial charge in [-0.3, -0.25) is 5.32 Å². The zero-order chi connectivity index (χ0) is 16.8. The minimum atomic E-state index is -1.03. The number of urea groups is 1. The van der Waals surface area contributed by atoms with Gasteiger partial charge in [-0.1, -0.05) is 30.3 Å². The molecule has 0 radical (unpaired) electrons. The zero-order valence-electron chi connectivity index (χ0n) is 12.9. The van der Waals surface area contributed by atoms with Crippen LogP contribution in [-0.2, 0) is 6.42 Å². The Labute approximate surface area is 143 Å². The van der Waals surface area contributed by atoms with E-state index in [0.29, 0.717) is 9.90 Å². The van der Waals surface area contributed by atoms with Crippen LogP contribution in [0.3, 0.4) is 0 Å². The zero-order valence-corrected chi connectivity index (χ0v) is 14.5. The number of aromatic carboxylic acids is 1. The van der Waals surface area contributed by atoms with Gasteiger partial charge in [0.2, 0.25) is 0 Å². The van der Waals surface area contributed by atoms with E-state index in [-0.39, 0.29) is 11.6 Å². The van der Waals surface area contributed by atoms with Crippen LogP contribution < -0.4 is 5.32 Å². The summed E-state index contributed by atoms with van der Waals surface area (Å²) >= 11 is 2.73. The van der Waals surface area contributed by atoms with E-state index in [1.807, 2.05) is 18.2 Å². The first kappa shape index (κ1) is 17.4. The molecule has 0 bridgehead atoms. The molecular formula is C16H18N2O3S2. The third-order valence-corrected chi connectivity index (χ3v) is 5.17. The molecule has 0 aliphatic carbocycles. The standard InChI is InChI=1S/C16H18N2O3S2/c1-18(2)16(21)17-14-13(15(19)20)12(10-23-14)22-9-8-11-6-4-3-5-7-11/h3-7,10H,8-9H2,1-2H3,(H,17,21)(H,19,20). The third-order valence-electron chi connectivity index (χ3n) is 3.09. The van der Waals surface area contributed by atoms with Gasteiger partial charge in [0.1, 0.15) is 10.6 Å². The summed E-state index contributed by atoms with van der Waals surface area (Å²) in [7, 11) is 3.22. The number of thiophene rings is 1. The third kappa shape index (κ3) is 4.74. The number of rotatable bonds is 6. The molecule has 0 atom stereocenters. The lowest BCUT2D eigenvalue weighted by Crippen LogP contribution is -2.27. The first-order valence-corrected chi connectivity index (χ1v) is 8.85. The number of hydrogen-bond acceptors (Lipinski definition) is 4. The minimum Gasteiger partial charge on any atom is -0.478 e. The maximum atomic E-state index is 11.7. The Bertz CT molecular complexity index is 684. The van der Waals surface area contributed by atoms with Crippen molar-refractivity contribution in [2.24, 2.45) is 0 Å². The van der Waals surface area contributed by atoms with Gasteiger partial charge in [-0.05, 0) is 12.0 Å². The Morgan fingerprint density at radius 2 is 1.96 bits per heavy atom. The SMILES string of the molecule is CN(C)C(=O)Nc1scc(SCCc2ccccc2)c1C(=O)O. The summed E-state index contributed by atoms with van der Waals surface area (Å²) in [5, 5.41) is 14.2. The van der Waals surface area contributed by atoms with Gasteiger partial charge in [-0.2, -0.15) is 0 Å². The van der Waals surface area contributed by atoms with Crippen molar-refractivity contribution in [3.63, 3.8) is 0 Å². The first-order valence-electron chi connectivity index (χ1n) is 6.99. The summed E-state index contributed by atoms with van der Waals surface area (Å²) in [6, 6.07) is 9.71. The summed E-state index contributed by atoms with van der Waals surface area (Å²) in [4.78, 5) is 25.3. The fourth-order valence-electron chi connectivity index (χ4n) is 1.88. The Hall–Kier alpha value is -1.99. The number of carbonyl (C=O) groups is 2.